The van der Waals surface area contributed by atoms with Crippen LogP contribution in [0.4, 0.5) is 5.82 Å². The molecule has 1 saturated heterocycles. The predicted molar refractivity (Wildman–Crippen MR) is 57.2 cm³/mol. The maximum absolute atomic E-state index is 11.7. The summed E-state index contributed by atoms with van der Waals surface area (Å²) in [5.74, 6) is 0.230. The second kappa shape index (κ2) is 4.40. The molecule has 0 radical (unpaired) electrons. The van der Waals surface area contributed by atoms with E-state index < -0.39 is 0 Å². The first kappa shape index (κ1) is 10.8. The third-order valence-electron chi connectivity index (χ3n) is 2.66. The summed E-state index contributed by atoms with van der Waals surface area (Å²) < 4.78 is 0. The largest absolute Gasteiger partial charge is 0.396 e. The van der Waals surface area contributed by atoms with Crippen LogP contribution in [0.2, 0.25) is 0 Å². The lowest BCUT2D eigenvalue weighted by Gasteiger charge is -2.16. The lowest BCUT2D eigenvalue weighted by molar-refractivity contribution is -0.117. The van der Waals surface area contributed by atoms with Gasteiger partial charge in [0.15, 0.2) is 6.29 Å². The minimum absolute atomic E-state index is 0.0223. The highest BCUT2D eigenvalue weighted by Gasteiger charge is 2.31. The van der Waals surface area contributed by atoms with Crippen molar-refractivity contribution in [3.8, 4) is 0 Å². The summed E-state index contributed by atoms with van der Waals surface area (Å²) >= 11 is 0. The number of carbonyl (C=O) groups is 2. The molecule has 1 aromatic rings. The van der Waals surface area contributed by atoms with E-state index >= 15 is 0 Å². The van der Waals surface area contributed by atoms with Crippen molar-refractivity contribution in [2.45, 2.75) is 6.42 Å². The molecule has 1 aliphatic rings. The first-order chi connectivity index (χ1) is 7.76. The summed E-state index contributed by atoms with van der Waals surface area (Å²) in [6.07, 6.45) is 2.54. The Bertz CT molecular complexity index is 419. The average molecular weight is 220 g/mol. The van der Waals surface area contributed by atoms with Crippen LogP contribution in [-0.2, 0) is 4.79 Å². The van der Waals surface area contributed by atoms with Gasteiger partial charge < -0.3 is 5.11 Å². The Morgan fingerprint density at radius 1 is 1.62 bits per heavy atom. The van der Waals surface area contributed by atoms with Crippen molar-refractivity contribution in [1.29, 1.82) is 0 Å². The molecule has 1 N–H and O–H groups in total. The van der Waals surface area contributed by atoms with Crippen molar-refractivity contribution in [3.63, 3.8) is 0 Å². The Labute approximate surface area is 92.7 Å². The van der Waals surface area contributed by atoms with Gasteiger partial charge in [0, 0.05) is 31.7 Å². The van der Waals surface area contributed by atoms with Crippen LogP contribution < -0.4 is 4.90 Å². The van der Waals surface area contributed by atoms with Crippen LogP contribution in [0.15, 0.2) is 18.3 Å². The number of aliphatic hydroxyl groups is 1. The van der Waals surface area contributed by atoms with Crippen LogP contribution in [0.5, 0.6) is 0 Å². The van der Waals surface area contributed by atoms with E-state index in [9.17, 15) is 9.59 Å². The molecule has 0 bridgehead atoms. The Morgan fingerprint density at radius 3 is 3.06 bits per heavy atom. The van der Waals surface area contributed by atoms with E-state index in [-0.39, 0.29) is 18.4 Å². The fourth-order valence-corrected chi connectivity index (χ4v) is 1.84. The van der Waals surface area contributed by atoms with Crippen molar-refractivity contribution >= 4 is 18.0 Å². The molecule has 16 heavy (non-hydrogen) atoms. The van der Waals surface area contributed by atoms with Gasteiger partial charge in [-0.3, -0.25) is 14.5 Å². The SMILES string of the molecule is O=Cc1cccnc1N1CC(CO)CC1=O. The minimum Gasteiger partial charge on any atom is -0.396 e. The maximum atomic E-state index is 11.7. The van der Waals surface area contributed by atoms with Gasteiger partial charge in [-0.25, -0.2) is 4.98 Å². The molecular weight excluding hydrogens is 208 g/mol. The van der Waals surface area contributed by atoms with Gasteiger partial charge in [0.2, 0.25) is 5.91 Å². The second-order valence-electron chi connectivity index (χ2n) is 3.79. The van der Waals surface area contributed by atoms with Gasteiger partial charge in [0.1, 0.15) is 5.82 Å². The lowest BCUT2D eigenvalue weighted by atomic mass is 10.1. The fourth-order valence-electron chi connectivity index (χ4n) is 1.84. The third-order valence-corrected chi connectivity index (χ3v) is 2.66. The van der Waals surface area contributed by atoms with Crippen LogP contribution in [0, 0.1) is 5.92 Å². The molecular formula is C11H12N2O3. The topological polar surface area (TPSA) is 70.5 Å². The zero-order chi connectivity index (χ0) is 11.5. The van der Waals surface area contributed by atoms with Crippen LogP contribution in [0.25, 0.3) is 0 Å². The molecule has 1 atom stereocenters. The number of aromatic nitrogens is 1. The number of aldehydes is 1. The number of rotatable bonds is 3. The molecule has 0 saturated carbocycles. The summed E-state index contributed by atoms with van der Waals surface area (Å²) in [4.78, 5) is 28.0. The average Bonchev–Trinajstić information content (AvgIpc) is 2.70. The Hall–Kier alpha value is -1.75. The molecule has 5 nitrogen and oxygen atoms in total. The standard InChI is InChI=1S/C11H12N2O3/c14-6-8-4-10(16)13(5-8)11-9(7-15)2-1-3-12-11/h1-3,7-8,14H,4-6H2. The van der Waals surface area contributed by atoms with Gasteiger partial charge in [-0.2, -0.15) is 0 Å². The Kier molecular flexibility index (Phi) is 2.96. The molecule has 1 fully saturated rings. The lowest BCUT2D eigenvalue weighted by Crippen LogP contribution is -2.27. The van der Waals surface area contributed by atoms with Crippen LogP contribution >= 0.6 is 0 Å². The number of anilines is 1. The van der Waals surface area contributed by atoms with E-state index in [2.05, 4.69) is 4.98 Å². The molecule has 0 aliphatic carbocycles. The quantitative estimate of drug-likeness (QED) is 0.741. The van der Waals surface area contributed by atoms with E-state index in [1.54, 1.807) is 18.3 Å². The normalized spacial score (nSPS) is 20.2. The van der Waals surface area contributed by atoms with Crippen LogP contribution in [-0.4, -0.2) is 35.4 Å². The summed E-state index contributed by atoms with van der Waals surface area (Å²) in [6, 6.07) is 3.27. The van der Waals surface area contributed by atoms with Crippen LogP contribution in [0.1, 0.15) is 16.8 Å². The number of nitrogens with zero attached hydrogens (tertiary/aromatic N) is 2. The monoisotopic (exact) mass is 220 g/mol. The number of carbonyl (C=O) groups excluding carboxylic acids is 2. The molecule has 1 amide bonds. The molecule has 84 valence electrons. The molecule has 1 unspecified atom stereocenters. The van der Waals surface area contributed by atoms with E-state index in [1.807, 2.05) is 0 Å². The third kappa shape index (κ3) is 1.81. The highest BCUT2D eigenvalue weighted by atomic mass is 16.3. The molecule has 2 heterocycles. The number of pyridine rings is 1. The van der Waals surface area contributed by atoms with E-state index in [0.29, 0.717) is 30.6 Å². The van der Waals surface area contributed by atoms with Crippen molar-refractivity contribution in [2.24, 2.45) is 5.92 Å². The number of amides is 1. The van der Waals surface area contributed by atoms with E-state index in [0.717, 1.165) is 0 Å². The van der Waals surface area contributed by atoms with Crippen molar-refractivity contribution in [1.82, 2.24) is 4.98 Å². The smallest absolute Gasteiger partial charge is 0.228 e. The zero-order valence-electron chi connectivity index (χ0n) is 8.67. The van der Waals surface area contributed by atoms with E-state index in [1.165, 1.54) is 4.90 Å². The summed E-state index contributed by atoms with van der Waals surface area (Å²) in [7, 11) is 0. The molecule has 2 rings (SSSR count). The highest BCUT2D eigenvalue weighted by molar-refractivity contribution is 5.98. The summed E-state index contributed by atoms with van der Waals surface area (Å²) in [5, 5.41) is 9.01. The first-order valence-corrected chi connectivity index (χ1v) is 5.07. The molecule has 1 aromatic heterocycles. The van der Waals surface area contributed by atoms with Crippen molar-refractivity contribution in [3.05, 3.63) is 23.9 Å². The second-order valence-corrected chi connectivity index (χ2v) is 3.79. The zero-order valence-corrected chi connectivity index (χ0v) is 8.67. The van der Waals surface area contributed by atoms with Gasteiger partial charge in [-0.15, -0.1) is 0 Å². The molecule has 5 heteroatoms. The van der Waals surface area contributed by atoms with Crippen molar-refractivity contribution in [2.75, 3.05) is 18.1 Å². The van der Waals surface area contributed by atoms with Gasteiger partial charge in [0.25, 0.3) is 0 Å². The van der Waals surface area contributed by atoms with Crippen molar-refractivity contribution < 1.29 is 14.7 Å². The predicted octanol–water partition coefficient (Wildman–Crippen LogP) is 0.239. The molecule has 1 aliphatic heterocycles. The first-order valence-electron chi connectivity index (χ1n) is 5.07. The van der Waals surface area contributed by atoms with Crippen LogP contribution in [0.3, 0.4) is 0 Å². The fraction of sp³-hybridized carbons (Fsp3) is 0.364. The van der Waals surface area contributed by atoms with E-state index in [4.69, 9.17) is 5.11 Å². The number of aliphatic hydroxyl groups excluding tert-OH is 1. The van der Waals surface area contributed by atoms with Gasteiger partial charge in [-0.1, -0.05) is 0 Å². The summed E-state index contributed by atoms with van der Waals surface area (Å²) in [5.41, 5.74) is 0.398. The number of hydrogen-bond acceptors (Lipinski definition) is 4. The van der Waals surface area contributed by atoms with Gasteiger partial charge >= 0.3 is 0 Å². The van der Waals surface area contributed by atoms with Gasteiger partial charge in [0.05, 0.1) is 5.56 Å². The Balaban J connectivity index is 2.31. The minimum atomic E-state index is -0.0964. The maximum Gasteiger partial charge on any atom is 0.228 e. The Morgan fingerprint density at radius 2 is 2.44 bits per heavy atom. The summed E-state index contributed by atoms with van der Waals surface area (Å²) in [6.45, 7) is 0.401. The molecule has 0 spiro atoms. The molecule has 0 aromatic carbocycles. The number of hydrogen-bond donors (Lipinski definition) is 1. The highest BCUT2D eigenvalue weighted by Crippen LogP contribution is 2.24. The van der Waals surface area contributed by atoms with Gasteiger partial charge in [-0.05, 0) is 12.1 Å².